The van der Waals surface area contributed by atoms with Gasteiger partial charge in [0.15, 0.2) is 0 Å². The fourth-order valence-corrected chi connectivity index (χ4v) is 4.73. The third-order valence-corrected chi connectivity index (χ3v) is 6.11. The van der Waals surface area contributed by atoms with E-state index in [2.05, 4.69) is 18.2 Å². The number of esters is 1. The first kappa shape index (κ1) is 18.0. The van der Waals surface area contributed by atoms with Crippen molar-refractivity contribution >= 4 is 5.97 Å². The molecule has 2 aromatic carbocycles. The summed E-state index contributed by atoms with van der Waals surface area (Å²) < 4.78 is 12.1. The Morgan fingerprint density at radius 1 is 1.04 bits per heavy atom. The van der Waals surface area contributed by atoms with Gasteiger partial charge in [-0.2, -0.15) is 0 Å². The van der Waals surface area contributed by atoms with Gasteiger partial charge in [-0.1, -0.05) is 60.9 Å². The van der Waals surface area contributed by atoms with E-state index in [4.69, 9.17) is 9.47 Å². The van der Waals surface area contributed by atoms with E-state index < -0.39 is 0 Å². The van der Waals surface area contributed by atoms with Crippen molar-refractivity contribution in [3.63, 3.8) is 0 Å². The normalized spacial score (nSPS) is 27.0. The number of hydrogen-bond acceptors (Lipinski definition) is 3. The monoisotopic (exact) mass is 362 g/mol. The molecule has 27 heavy (non-hydrogen) atoms. The first-order valence-corrected chi connectivity index (χ1v) is 9.75. The molecule has 1 fully saturated rings. The summed E-state index contributed by atoms with van der Waals surface area (Å²) in [4.78, 5) is 12.8. The second-order valence-corrected chi connectivity index (χ2v) is 7.68. The predicted molar refractivity (Wildman–Crippen MR) is 106 cm³/mol. The highest BCUT2D eigenvalue weighted by atomic mass is 16.5. The lowest BCUT2D eigenvalue weighted by molar-refractivity contribution is -0.0751. The molecule has 0 N–H and O–H groups in total. The third kappa shape index (κ3) is 3.21. The number of methoxy groups -OCH3 is 1. The van der Waals surface area contributed by atoms with Crippen molar-refractivity contribution < 1.29 is 14.3 Å². The minimum absolute atomic E-state index is 0.0524. The lowest BCUT2D eigenvalue weighted by Gasteiger charge is -2.43. The number of fused-ring (bicyclic) bond motifs is 1. The van der Waals surface area contributed by atoms with E-state index in [-0.39, 0.29) is 23.4 Å². The molecule has 3 nitrogen and oxygen atoms in total. The van der Waals surface area contributed by atoms with E-state index in [1.54, 1.807) is 7.11 Å². The van der Waals surface area contributed by atoms with Crippen LogP contribution in [0.2, 0.25) is 0 Å². The SMILES string of the molecule is CO[C@]12CCCCC1C=C(OC(=O)c1ccc(C)cc1)[C@@H]2c1ccccc1. The molecule has 3 atom stereocenters. The Hall–Kier alpha value is -2.39. The molecule has 1 saturated carbocycles. The number of rotatable bonds is 4. The summed E-state index contributed by atoms with van der Waals surface area (Å²) in [6, 6.07) is 17.8. The van der Waals surface area contributed by atoms with Gasteiger partial charge >= 0.3 is 5.97 Å². The van der Waals surface area contributed by atoms with E-state index in [1.165, 1.54) is 6.42 Å². The molecule has 0 spiro atoms. The van der Waals surface area contributed by atoms with Gasteiger partial charge in [0.1, 0.15) is 5.76 Å². The maximum atomic E-state index is 12.8. The van der Waals surface area contributed by atoms with Gasteiger partial charge in [0, 0.05) is 13.0 Å². The number of carbonyl (C=O) groups is 1. The van der Waals surface area contributed by atoms with Crippen LogP contribution in [0, 0.1) is 12.8 Å². The van der Waals surface area contributed by atoms with Gasteiger partial charge in [0.2, 0.25) is 0 Å². The fraction of sp³-hybridized carbons (Fsp3) is 0.375. The van der Waals surface area contributed by atoms with Crippen molar-refractivity contribution in [1.29, 1.82) is 0 Å². The summed E-state index contributed by atoms with van der Waals surface area (Å²) in [7, 11) is 1.80. The Kier molecular flexibility index (Phi) is 4.88. The number of ether oxygens (including phenoxy) is 2. The smallest absolute Gasteiger partial charge is 0.343 e. The van der Waals surface area contributed by atoms with E-state index in [0.717, 1.165) is 36.1 Å². The molecule has 0 bridgehead atoms. The molecular weight excluding hydrogens is 336 g/mol. The topological polar surface area (TPSA) is 35.5 Å². The Labute approximate surface area is 161 Å². The first-order valence-electron chi connectivity index (χ1n) is 9.75. The first-order chi connectivity index (χ1) is 13.1. The van der Waals surface area contributed by atoms with Crippen LogP contribution in [0.4, 0.5) is 0 Å². The highest BCUT2D eigenvalue weighted by molar-refractivity contribution is 5.90. The van der Waals surface area contributed by atoms with Crippen LogP contribution in [0.5, 0.6) is 0 Å². The van der Waals surface area contributed by atoms with Crippen molar-refractivity contribution in [2.45, 2.75) is 44.1 Å². The number of benzene rings is 2. The Morgan fingerprint density at radius 3 is 2.48 bits per heavy atom. The van der Waals surface area contributed by atoms with Crippen LogP contribution in [0.3, 0.4) is 0 Å². The Balaban J connectivity index is 1.69. The number of aryl methyl sites for hydroxylation is 1. The van der Waals surface area contributed by atoms with Crippen LogP contribution in [0.15, 0.2) is 66.4 Å². The van der Waals surface area contributed by atoms with Crippen LogP contribution in [-0.4, -0.2) is 18.7 Å². The van der Waals surface area contributed by atoms with Gasteiger partial charge in [-0.05, 0) is 43.5 Å². The zero-order valence-corrected chi connectivity index (χ0v) is 16.0. The zero-order chi connectivity index (χ0) is 18.9. The molecule has 140 valence electrons. The van der Waals surface area contributed by atoms with Gasteiger partial charge < -0.3 is 9.47 Å². The second kappa shape index (κ2) is 7.32. The molecule has 3 heteroatoms. The fourth-order valence-electron chi connectivity index (χ4n) is 4.73. The quantitative estimate of drug-likeness (QED) is 0.682. The molecule has 1 unspecified atom stereocenters. The Morgan fingerprint density at radius 2 is 1.78 bits per heavy atom. The van der Waals surface area contributed by atoms with Gasteiger partial charge in [-0.3, -0.25) is 0 Å². The van der Waals surface area contributed by atoms with Crippen LogP contribution in [-0.2, 0) is 9.47 Å². The van der Waals surface area contributed by atoms with Crippen molar-refractivity contribution in [2.24, 2.45) is 5.92 Å². The summed E-state index contributed by atoms with van der Waals surface area (Å²) in [5, 5.41) is 0. The molecule has 0 amide bonds. The summed E-state index contributed by atoms with van der Waals surface area (Å²) in [6.45, 7) is 2.01. The largest absolute Gasteiger partial charge is 0.427 e. The van der Waals surface area contributed by atoms with Crippen molar-refractivity contribution in [3.8, 4) is 0 Å². The minimum atomic E-state index is -0.317. The lowest BCUT2D eigenvalue weighted by Crippen LogP contribution is -2.44. The summed E-state index contributed by atoms with van der Waals surface area (Å²) in [5.41, 5.74) is 2.53. The van der Waals surface area contributed by atoms with Gasteiger partial charge in [-0.15, -0.1) is 0 Å². The maximum absolute atomic E-state index is 12.8. The Bertz CT molecular complexity index is 838. The summed E-state index contributed by atoms with van der Waals surface area (Å²) >= 11 is 0. The van der Waals surface area contributed by atoms with Crippen molar-refractivity contribution in [2.75, 3.05) is 7.11 Å². The van der Waals surface area contributed by atoms with Gasteiger partial charge in [0.25, 0.3) is 0 Å². The second-order valence-electron chi connectivity index (χ2n) is 7.68. The van der Waals surface area contributed by atoms with Crippen molar-refractivity contribution in [3.05, 3.63) is 83.1 Å². The predicted octanol–water partition coefficient (Wildman–Crippen LogP) is 5.41. The average Bonchev–Trinajstić information content (AvgIpc) is 3.03. The van der Waals surface area contributed by atoms with E-state index in [1.807, 2.05) is 49.4 Å². The van der Waals surface area contributed by atoms with Crippen LogP contribution < -0.4 is 0 Å². The zero-order valence-electron chi connectivity index (χ0n) is 16.0. The maximum Gasteiger partial charge on any atom is 0.343 e. The molecule has 0 saturated heterocycles. The van der Waals surface area contributed by atoms with Crippen molar-refractivity contribution in [1.82, 2.24) is 0 Å². The number of hydrogen-bond donors (Lipinski definition) is 0. The average molecular weight is 362 g/mol. The third-order valence-electron chi connectivity index (χ3n) is 6.11. The molecule has 4 rings (SSSR count). The minimum Gasteiger partial charge on any atom is -0.427 e. The van der Waals surface area contributed by atoms with E-state index in [0.29, 0.717) is 5.56 Å². The molecule has 0 aliphatic heterocycles. The lowest BCUT2D eigenvalue weighted by atomic mass is 9.70. The van der Waals surface area contributed by atoms with E-state index in [9.17, 15) is 4.79 Å². The molecule has 0 aromatic heterocycles. The molecule has 2 aliphatic rings. The molecular formula is C24H26O3. The summed E-state index contributed by atoms with van der Waals surface area (Å²) in [5.74, 6) is 0.665. The van der Waals surface area contributed by atoms with Crippen LogP contribution in [0.25, 0.3) is 0 Å². The van der Waals surface area contributed by atoms with Gasteiger partial charge in [-0.25, -0.2) is 4.79 Å². The molecule has 0 radical (unpaired) electrons. The standard InChI is InChI=1S/C24H26O3/c1-17-11-13-19(14-12-17)23(25)27-21-16-20-10-6-7-15-24(20,26-2)22(21)18-8-4-3-5-9-18/h3-5,8-9,11-14,16,20,22H,6-7,10,15H2,1-2H3/t20?,22-,24+/m0/s1. The van der Waals surface area contributed by atoms with Gasteiger partial charge in [0.05, 0.1) is 17.1 Å². The highest BCUT2D eigenvalue weighted by Crippen LogP contribution is 2.55. The molecule has 2 aromatic rings. The van der Waals surface area contributed by atoms with Crippen LogP contribution >= 0.6 is 0 Å². The highest BCUT2D eigenvalue weighted by Gasteiger charge is 2.54. The molecule has 0 heterocycles. The summed E-state index contributed by atoms with van der Waals surface area (Å²) in [6.07, 6.45) is 6.53. The molecule has 2 aliphatic carbocycles. The number of carbonyl (C=O) groups excluding carboxylic acids is 1. The van der Waals surface area contributed by atoms with E-state index >= 15 is 0 Å². The van der Waals surface area contributed by atoms with Crippen LogP contribution in [0.1, 0.15) is 53.1 Å².